The molecular formula is C30H30BrFN2O. The minimum absolute atomic E-state index is 0.0761. The van der Waals surface area contributed by atoms with E-state index in [1.807, 2.05) is 12.1 Å². The normalized spacial score (nSPS) is 29.9. The van der Waals surface area contributed by atoms with Crippen molar-refractivity contribution in [3.05, 3.63) is 105 Å². The van der Waals surface area contributed by atoms with Gasteiger partial charge in [-0.3, -0.25) is 4.79 Å². The van der Waals surface area contributed by atoms with Gasteiger partial charge in [0.2, 0.25) is 6.41 Å². The third-order valence-electron chi connectivity index (χ3n) is 9.01. The van der Waals surface area contributed by atoms with Crippen LogP contribution in [0.1, 0.15) is 47.4 Å². The number of carbonyl (C=O) groups excluding carboxylic acids is 1. The fourth-order valence-electron chi connectivity index (χ4n) is 7.46. The largest absolute Gasteiger partial charge is 0.335 e. The summed E-state index contributed by atoms with van der Waals surface area (Å²) >= 11 is 3.71. The summed E-state index contributed by atoms with van der Waals surface area (Å²) in [4.78, 5) is 14.8. The second-order valence-corrected chi connectivity index (χ2v) is 11.4. The number of halogens is 2. The number of rotatable bonds is 4. The Kier molecular flexibility index (Phi) is 5.81. The van der Waals surface area contributed by atoms with Crippen LogP contribution in [0, 0.1) is 11.7 Å². The van der Waals surface area contributed by atoms with Crippen LogP contribution in [-0.2, 0) is 22.2 Å². The molecule has 5 heteroatoms. The van der Waals surface area contributed by atoms with Crippen LogP contribution in [0.25, 0.3) is 0 Å². The quantitative estimate of drug-likeness (QED) is 0.422. The van der Waals surface area contributed by atoms with Crippen LogP contribution in [0.4, 0.5) is 4.39 Å². The average Bonchev–Trinajstić information content (AvgIpc) is 3.49. The summed E-state index contributed by atoms with van der Waals surface area (Å²) in [5.41, 5.74) is 4.57. The number of benzene rings is 3. The molecule has 1 amide bonds. The van der Waals surface area contributed by atoms with Gasteiger partial charge >= 0.3 is 0 Å². The summed E-state index contributed by atoms with van der Waals surface area (Å²) in [6.07, 6.45) is 4.92. The molecule has 4 atom stereocenters. The first-order chi connectivity index (χ1) is 17.1. The SMILES string of the molecule is O=CN1CCC(c2ccccc2)CC1(c1ccc(F)cc1)C1CNCC12CCc1ccc(Br)cc12. The summed E-state index contributed by atoms with van der Waals surface area (Å²) in [6.45, 7) is 2.42. The standard InChI is InChI=1S/C30H30BrFN2O/c31-25-9-6-22-12-14-29(27(22)16-25)19-33-18-28(29)30(24-7-10-26(32)11-8-24)17-23(13-15-34(30)20-35)21-4-2-1-3-5-21/h1-11,16,20,23,28,33H,12-15,17-19H2. The minimum Gasteiger partial charge on any atom is -0.335 e. The number of aryl methyl sites for hydroxylation is 1. The summed E-state index contributed by atoms with van der Waals surface area (Å²) in [6, 6.07) is 24.3. The molecule has 4 unspecified atom stereocenters. The number of hydrogen-bond donors (Lipinski definition) is 1. The lowest BCUT2D eigenvalue weighted by Gasteiger charge is -2.55. The van der Waals surface area contributed by atoms with Crippen LogP contribution in [0.5, 0.6) is 0 Å². The molecule has 2 fully saturated rings. The van der Waals surface area contributed by atoms with Crippen LogP contribution in [0.2, 0.25) is 0 Å². The molecule has 1 aliphatic carbocycles. The molecule has 0 saturated carbocycles. The molecule has 3 aromatic carbocycles. The van der Waals surface area contributed by atoms with Crippen molar-refractivity contribution in [3.63, 3.8) is 0 Å². The van der Waals surface area contributed by atoms with Crippen molar-refractivity contribution >= 4 is 22.3 Å². The highest BCUT2D eigenvalue weighted by Gasteiger charge is 2.60. The van der Waals surface area contributed by atoms with Crippen LogP contribution in [-0.4, -0.2) is 30.9 Å². The van der Waals surface area contributed by atoms with E-state index in [4.69, 9.17) is 0 Å². The summed E-state index contributed by atoms with van der Waals surface area (Å²) in [7, 11) is 0. The molecule has 3 aromatic rings. The van der Waals surface area contributed by atoms with Crippen molar-refractivity contribution in [3.8, 4) is 0 Å². The van der Waals surface area contributed by atoms with E-state index in [1.54, 1.807) is 12.1 Å². The first kappa shape index (κ1) is 22.9. The number of nitrogens with zero attached hydrogens (tertiary/aromatic N) is 1. The molecule has 0 radical (unpaired) electrons. The zero-order valence-electron chi connectivity index (χ0n) is 19.7. The first-order valence-corrected chi connectivity index (χ1v) is 13.4. The lowest BCUT2D eigenvalue weighted by Crippen LogP contribution is -2.59. The highest BCUT2D eigenvalue weighted by atomic mass is 79.9. The van der Waals surface area contributed by atoms with Crippen LogP contribution >= 0.6 is 15.9 Å². The van der Waals surface area contributed by atoms with Gasteiger partial charge in [0.25, 0.3) is 0 Å². The minimum atomic E-state index is -0.526. The molecule has 35 heavy (non-hydrogen) atoms. The first-order valence-electron chi connectivity index (χ1n) is 12.6. The van der Waals surface area contributed by atoms with Crippen molar-refractivity contribution in [1.29, 1.82) is 0 Å². The predicted molar refractivity (Wildman–Crippen MR) is 140 cm³/mol. The summed E-state index contributed by atoms with van der Waals surface area (Å²) in [5.74, 6) is 0.262. The third-order valence-corrected chi connectivity index (χ3v) is 9.51. The average molecular weight is 533 g/mol. The number of piperidine rings is 1. The number of hydrogen-bond acceptors (Lipinski definition) is 2. The topological polar surface area (TPSA) is 32.3 Å². The Morgan fingerprint density at radius 3 is 2.63 bits per heavy atom. The predicted octanol–water partition coefficient (Wildman–Crippen LogP) is 5.92. The van der Waals surface area contributed by atoms with E-state index in [9.17, 15) is 9.18 Å². The smallest absolute Gasteiger partial charge is 0.210 e. The van der Waals surface area contributed by atoms with E-state index in [0.29, 0.717) is 12.5 Å². The summed E-state index contributed by atoms with van der Waals surface area (Å²) < 4.78 is 15.2. The van der Waals surface area contributed by atoms with Crippen LogP contribution in [0.15, 0.2) is 77.3 Å². The van der Waals surface area contributed by atoms with E-state index in [2.05, 4.69) is 74.7 Å². The molecule has 1 spiro atoms. The summed E-state index contributed by atoms with van der Waals surface area (Å²) in [5, 5.41) is 3.74. The molecule has 1 N–H and O–H groups in total. The van der Waals surface area contributed by atoms with Gasteiger partial charge in [0.05, 0.1) is 5.54 Å². The molecule has 2 heterocycles. The zero-order valence-corrected chi connectivity index (χ0v) is 21.3. The van der Waals surface area contributed by atoms with Crippen molar-refractivity contribution in [2.24, 2.45) is 5.92 Å². The number of likely N-dealkylation sites (tertiary alicyclic amines) is 1. The van der Waals surface area contributed by atoms with Crippen molar-refractivity contribution in [2.75, 3.05) is 19.6 Å². The molecular weight excluding hydrogens is 503 g/mol. The second kappa shape index (κ2) is 8.86. The molecule has 180 valence electrons. The van der Waals surface area contributed by atoms with Crippen LogP contribution in [0.3, 0.4) is 0 Å². The Morgan fingerprint density at radius 2 is 1.86 bits per heavy atom. The lowest BCUT2D eigenvalue weighted by atomic mass is 9.58. The van der Waals surface area contributed by atoms with E-state index in [1.165, 1.54) is 16.7 Å². The van der Waals surface area contributed by atoms with Crippen LogP contribution < -0.4 is 5.32 Å². The molecule has 0 bridgehead atoms. The van der Waals surface area contributed by atoms with Gasteiger partial charge in [0, 0.05) is 35.4 Å². The van der Waals surface area contributed by atoms with E-state index >= 15 is 0 Å². The molecule has 2 saturated heterocycles. The van der Waals surface area contributed by atoms with Gasteiger partial charge < -0.3 is 10.2 Å². The maximum Gasteiger partial charge on any atom is 0.210 e. The van der Waals surface area contributed by atoms with E-state index in [-0.39, 0.29) is 17.2 Å². The third kappa shape index (κ3) is 3.58. The monoisotopic (exact) mass is 532 g/mol. The Hall–Kier alpha value is -2.50. The number of nitrogens with one attached hydrogen (secondary N) is 1. The second-order valence-electron chi connectivity index (χ2n) is 10.5. The maximum absolute atomic E-state index is 14.1. The van der Waals surface area contributed by atoms with Gasteiger partial charge in [-0.15, -0.1) is 0 Å². The molecule has 6 rings (SSSR count). The van der Waals surface area contributed by atoms with Crippen molar-refractivity contribution in [1.82, 2.24) is 10.2 Å². The van der Waals surface area contributed by atoms with E-state index < -0.39 is 5.54 Å². The highest BCUT2D eigenvalue weighted by molar-refractivity contribution is 9.10. The van der Waals surface area contributed by atoms with Crippen molar-refractivity contribution < 1.29 is 9.18 Å². The molecule has 0 aromatic heterocycles. The Balaban J connectivity index is 1.55. The maximum atomic E-state index is 14.1. The van der Waals surface area contributed by atoms with E-state index in [0.717, 1.165) is 55.2 Å². The molecule has 3 aliphatic rings. The van der Waals surface area contributed by atoms with Gasteiger partial charge in [-0.25, -0.2) is 4.39 Å². The number of fused-ring (bicyclic) bond motifs is 2. The lowest BCUT2D eigenvalue weighted by molar-refractivity contribution is -0.132. The number of carbonyl (C=O) groups is 1. The fraction of sp³-hybridized carbons (Fsp3) is 0.367. The van der Waals surface area contributed by atoms with Gasteiger partial charge in [-0.05, 0) is 78.1 Å². The Labute approximate surface area is 214 Å². The Morgan fingerprint density at radius 1 is 1.06 bits per heavy atom. The Bertz CT molecular complexity index is 1230. The van der Waals surface area contributed by atoms with Gasteiger partial charge in [0.15, 0.2) is 0 Å². The van der Waals surface area contributed by atoms with Crippen molar-refractivity contribution in [2.45, 2.75) is 42.6 Å². The number of amides is 1. The van der Waals surface area contributed by atoms with Gasteiger partial charge in [-0.2, -0.15) is 0 Å². The fourth-order valence-corrected chi connectivity index (χ4v) is 7.82. The zero-order chi connectivity index (χ0) is 24.0. The molecule has 3 nitrogen and oxygen atoms in total. The van der Waals surface area contributed by atoms with Gasteiger partial charge in [-0.1, -0.05) is 64.5 Å². The van der Waals surface area contributed by atoms with Gasteiger partial charge in [0.1, 0.15) is 5.82 Å². The highest BCUT2D eigenvalue weighted by Crippen LogP contribution is 2.58. The molecule has 2 aliphatic heterocycles.